The summed E-state index contributed by atoms with van der Waals surface area (Å²) in [7, 11) is 0. The summed E-state index contributed by atoms with van der Waals surface area (Å²) in [6, 6.07) is 19.3. The third-order valence-corrected chi connectivity index (χ3v) is 7.51. The standard InChI is InChI=1S/C27H24Cl2N4O2S/c1-17-7-8-18(2)23(13-17)33-25(15-35-24-10-9-20(28)14-21(24)29)30-31-27(33)36-16-26(34)32-12-11-19-5-3-4-6-22(19)32/h3-10,13-14H,11-12,15-16H2,1-2H3. The molecule has 0 radical (unpaired) electrons. The molecule has 0 saturated carbocycles. The maximum atomic E-state index is 13.1. The van der Waals surface area contributed by atoms with Crippen molar-refractivity contribution in [3.8, 4) is 11.4 Å². The molecule has 2 heterocycles. The number of benzene rings is 3. The van der Waals surface area contributed by atoms with Gasteiger partial charge in [-0.3, -0.25) is 9.36 Å². The van der Waals surface area contributed by atoms with Crippen LogP contribution >= 0.6 is 35.0 Å². The number of carbonyl (C=O) groups excluding carboxylic acids is 1. The van der Waals surface area contributed by atoms with E-state index in [0.29, 0.717) is 33.3 Å². The SMILES string of the molecule is Cc1ccc(C)c(-n2c(COc3ccc(Cl)cc3Cl)nnc2SCC(=O)N2CCc3ccccc32)c1. The van der Waals surface area contributed by atoms with Gasteiger partial charge in [0.1, 0.15) is 12.4 Å². The van der Waals surface area contributed by atoms with Crippen molar-refractivity contribution in [3.05, 3.63) is 93.2 Å². The van der Waals surface area contributed by atoms with Gasteiger partial charge in [-0.05, 0) is 67.3 Å². The van der Waals surface area contributed by atoms with E-state index in [0.717, 1.165) is 28.9 Å². The quantitative estimate of drug-likeness (QED) is 0.253. The lowest BCUT2D eigenvalue weighted by atomic mass is 10.1. The van der Waals surface area contributed by atoms with Crippen molar-refractivity contribution >= 4 is 46.6 Å². The summed E-state index contributed by atoms with van der Waals surface area (Å²) in [6.45, 7) is 4.92. The van der Waals surface area contributed by atoms with Gasteiger partial charge in [0.15, 0.2) is 11.0 Å². The van der Waals surface area contributed by atoms with E-state index >= 15 is 0 Å². The molecular formula is C27H24Cl2N4O2S. The van der Waals surface area contributed by atoms with Crippen LogP contribution in [0.1, 0.15) is 22.5 Å². The van der Waals surface area contributed by atoms with E-state index in [1.54, 1.807) is 18.2 Å². The summed E-state index contributed by atoms with van der Waals surface area (Å²) in [4.78, 5) is 15.0. The number of fused-ring (bicyclic) bond motifs is 1. The number of aryl methyl sites for hydroxylation is 2. The summed E-state index contributed by atoms with van der Waals surface area (Å²) in [5.41, 5.74) is 5.32. The second-order valence-corrected chi connectivity index (χ2v) is 10.4. The first-order valence-corrected chi connectivity index (χ1v) is 13.3. The van der Waals surface area contributed by atoms with Crippen LogP contribution in [0.5, 0.6) is 5.75 Å². The fraction of sp³-hybridized carbons (Fsp3) is 0.222. The zero-order valence-corrected chi connectivity index (χ0v) is 22.2. The van der Waals surface area contributed by atoms with Crippen LogP contribution < -0.4 is 9.64 Å². The summed E-state index contributed by atoms with van der Waals surface area (Å²) in [5.74, 6) is 1.41. The molecule has 1 amide bonds. The topological polar surface area (TPSA) is 60.2 Å². The first-order valence-electron chi connectivity index (χ1n) is 11.5. The number of anilines is 1. The van der Waals surface area contributed by atoms with E-state index < -0.39 is 0 Å². The fourth-order valence-corrected chi connectivity index (χ4v) is 5.53. The largest absolute Gasteiger partial charge is 0.484 e. The van der Waals surface area contributed by atoms with Crippen LogP contribution in [0.15, 0.2) is 65.8 Å². The Hall–Kier alpha value is -3.00. The van der Waals surface area contributed by atoms with Crippen molar-refractivity contribution in [2.75, 3.05) is 17.2 Å². The zero-order chi connectivity index (χ0) is 25.2. The summed E-state index contributed by atoms with van der Waals surface area (Å²) < 4.78 is 7.93. The van der Waals surface area contributed by atoms with E-state index in [-0.39, 0.29) is 18.3 Å². The van der Waals surface area contributed by atoms with Crippen LogP contribution in [0, 0.1) is 13.8 Å². The van der Waals surface area contributed by atoms with E-state index in [2.05, 4.69) is 34.5 Å². The van der Waals surface area contributed by atoms with Crippen molar-refractivity contribution in [2.24, 2.45) is 0 Å². The molecule has 1 aliphatic rings. The minimum Gasteiger partial charge on any atom is -0.484 e. The summed E-state index contributed by atoms with van der Waals surface area (Å²) in [6.07, 6.45) is 0.875. The van der Waals surface area contributed by atoms with Crippen LogP contribution in [-0.2, 0) is 17.8 Å². The number of thioether (sulfide) groups is 1. The van der Waals surface area contributed by atoms with E-state index in [9.17, 15) is 4.79 Å². The van der Waals surface area contributed by atoms with E-state index in [1.165, 1.54) is 17.3 Å². The Balaban J connectivity index is 1.40. The predicted molar refractivity (Wildman–Crippen MR) is 145 cm³/mol. The highest BCUT2D eigenvalue weighted by Gasteiger charge is 2.25. The van der Waals surface area contributed by atoms with Crippen molar-refractivity contribution in [1.29, 1.82) is 0 Å². The molecule has 5 rings (SSSR count). The number of nitrogens with zero attached hydrogens (tertiary/aromatic N) is 4. The van der Waals surface area contributed by atoms with E-state index in [1.807, 2.05) is 41.5 Å². The van der Waals surface area contributed by atoms with Gasteiger partial charge in [-0.15, -0.1) is 10.2 Å². The lowest BCUT2D eigenvalue weighted by Crippen LogP contribution is -2.30. The smallest absolute Gasteiger partial charge is 0.237 e. The molecule has 0 N–H and O–H groups in total. The number of carbonyl (C=O) groups is 1. The molecule has 0 aliphatic carbocycles. The summed E-state index contributed by atoms with van der Waals surface area (Å²) >= 11 is 13.7. The average Bonchev–Trinajstić information content (AvgIpc) is 3.48. The van der Waals surface area contributed by atoms with Gasteiger partial charge in [0.05, 0.1) is 16.5 Å². The molecule has 9 heteroatoms. The first-order chi connectivity index (χ1) is 17.4. The second-order valence-electron chi connectivity index (χ2n) is 8.60. The molecule has 0 fully saturated rings. The highest BCUT2D eigenvalue weighted by molar-refractivity contribution is 7.99. The van der Waals surface area contributed by atoms with Gasteiger partial charge in [-0.1, -0.05) is 65.3 Å². The molecule has 0 saturated heterocycles. The number of ether oxygens (including phenoxy) is 1. The van der Waals surface area contributed by atoms with Crippen molar-refractivity contribution in [1.82, 2.24) is 14.8 Å². The number of para-hydroxylation sites is 1. The number of hydrogen-bond acceptors (Lipinski definition) is 5. The lowest BCUT2D eigenvalue weighted by Gasteiger charge is -2.18. The lowest BCUT2D eigenvalue weighted by molar-refractivity contribution is -0.116. The monoisotopic (exact) mass is 538 g/mol. The Bertz CT molecular complexity index is 1440. The molecular weight excluding hydrogens is 515 g/mol. The Morgan fingerprint density at radius 3 is 2.69 bits per heavy atom. The maximum Gasteiger partial charge on any atom is 0.237 e. The minimum atomic E-state index is 0.0474. The van der Waals surface area contributed by atoms with Crippen LogP contribution in [0.25, 0.3) is 5.69 Å². The fourth-order valence-electron chi connectivity index (χ4n) is 4.23. The first kappa shape index (κ1) is 24.7. The third-order valence-electron chi connectivity index (χ3n) is 6.07. The molecule has 6 nitrogen and oxygen atoms in total. The second kappa shape index (κ2) is 10.5. The number of aromatic nitrogens is 3. The predicted octanol–water partition coefficient (Wildman–Crippen LogP) is 6.45. The average molecular weight is 539 g/mol. The molecule has 3 aromatic carbocycles. The van der Waals surface area contributed by atoms with Gasteiger partial charge in [-0.2, -0.15) is 0 Å². The molecule has 36 heavy (non-hydrogen) atoms. The van der Waals surface area contributed by atoms with E-state index in [4.69, 9.17) is 27.9 Å². The Morgan fingerprint density at radius 1 is 1.03 bits per heavy atom. The van der Waals surface area contributed by atoms with Crippen LogP contribution in [-0.4, -0.2) is 33.0 Å². The molecule has 184 valence electrons. The highest BCUT2D eigenvalue weighted by atomic mass is 35.5. The minimum absolute atomic E-state index is 0.0474. The zero-order valence-electron chi connectivity index (χ0n) is 19.9. The molecule has 4 aromatic rings. The number of halogens is 2. The molecule has 0 atom stereocenters. The Kier molecular flexibility index (Phi) is 7.23. The Labute approximate surface area is 224 Å². The van der Waals surface area contributed by atoms with Crippen molar-refractivity contribution < 1.29 is 9.53 Å². The van der Waals surface area contributed by atoms with Gasteiger partial charge in [0.25, 0.3) is 0 Å². The number of amides is 1. The van der Waals surface area contributed by atoms with Crippen LogP contribution in [0.4, 0.5) is 5.69 Å². The number of rotatable bonds is 7. The maximum absolute atomic E-state index is 13.1. The molecule has 1 aromatic heterocycles. The van der Waals surface area contributed by atoms with Crippen molar-refractivity contribution in [3.63, 3.8) is 0 Å². The van der Waals surface area contributed by atoms with Gasteiger partial charge < -0.3 is 9.64 Å². The third kappa shape index (κ3) is 5.09. The summed E-state index contributed by atoms with van der Waals surface area (Å²) in [5, 5.41) is 10.4. The molecule has 0 bridgehead atoms. The van der Waals surface area contributed by atoms with Crippen LogP contribution in [0.3, 0.4) is 0 Å². The van der Waals surface area contributed by atoms with Crippen LogP contribution in [0.2, 0.25) is 10.0 Å². The normalized spacial score (nSPS) is 12.6. The molecule has 1 aliphatic heterocycles. The Morgan fingerprint density at radius 2 is 1.86 bits per heavy atom. The molecule has 0 spiro atoms. The van der Waals surface area contributed by atoms with Gasteiger partial charge in [0.2, 0.25) is 5.91 Å². The highest BCUT2D eigenvalue weighted by Crippen LogP contribution is 2.31. The van der Waals surface area contributed by atoms with Crippen molar-refractivity contribution in [2.45, 2.75) is 32.0 Å². The van der Waals surface area contributed by atoms with Gasteiger partial charge in [-0.25, -0.2) is 0 Å². The van der Waals surface area contributed by atoms with Gasteiger partial charge >= 0.3 is 0 Å². The van der Waals surface area contributed by atoms with Gasteiger partial charge in [0, 0.05) is 17.3 Å². The molecule has 0 unspecified atom stereocenters. The number of hydrogen-bond donors (Lipinski definition) is 0.